The highest BCUT2D eigenvalue weighted by atomic mass is 16.2. The summed E-state index contributed by atoms with van der Waals surface area (Å²) in [6.07, 6.45) is 5.60. The number of hydrogen-bond donors (Lipinski definition) is 2. The lowest BCUT2D eigenvalue weighted by atomic mass is 9.80. The van der Waals surface area contributed by atoms with Crippen molar-refractivity contribution >= 4 is 17.8 Å². The number of rotatable bonds is 6. The summed E-state index contributed by atoms with van der Waals surface area (Å²) >= 11 is 0. The van der Waals surface area contributed by atoms with Crippen molar-refractivity contribution in [3.05, 3.63) is 35.9 Å². The van der Waals surface area contributed by atoms with Crippen molar-refractivity contribution in [1.82, 2.24) is 20.4 Å². The predicted octanol–water partition coefficient (Wildman–Crippen LogP) is 1.83. The van der Waals surface area contributed by atoms with Gasteiger partial charge in [-0.05, 0) is 39.4 Å². The second-order valence-electron chi connectivity index (χ2n) is 8.27. The van der Waals surface area contributed by atoms with Crippen LogP contribution in [-0.2, 0) is 15.1 Å². The second-order valence-corrected chi connectivity index (χ2v) is 8.27. The van der Waals surface area contributed by atoms with Crippen LogP contribution in [0.1, 0.15) is 44.6 Å². The van der Waals surface area contributed by atoms with E-state index < -0.39 is 17.5 Å². The number of imide groups is 1. The van der Waals surface area contributed by atoms with E-state index in [0.717, 1.165) is 30.6 Å². The molecule has 0 aromatic heterocycles. The van der Waals surface area contributed by atoms with Crippen LogP contribution in [0.3, 0.4) is 0 Å². The van der Waals surface area contributed by atoms with Gasteiger partial charge in [0, 0.05) is 12.1 Å². The number of amides is 4. The molecule has 1 aliphatic heterocycles. The van der Waals surface area contributed by atoms with Gasteiger partial charge in [0.05, 0.1) is 0 Å². The van der Waals surface area contributed by atoms with E-state index in [9.17, 15) is 14.4 Å². The Balaban J connectivity index is 1.64. The Morgan fingerprint density at radius 2 is 1.79 bits per heavy atom. The van der Waals surface area contributed by atoms with Crippen LogP contribution in [0.5, 0.6) is 0 Å². The molecule has 1 saturated heterocycles. The van der Waals surface area contributed by atoms with Crippen molar-refractivity contribution < 1.29 is 14.4 Å². The Morgan fingerprint density at radius 1 is 1.14 bits per heavy atom. The van der Waals surface area contributed by atoms with E-state index in [0.29, 0.717) is 12.1 Å². The molecule has 28 heavy (non-hydrogen) atoms. The van der Waals surface area contributed by atoms with E-state index in [-0.39, 0.29) is 18.0 Å². The SMILES string of the molecule is CN(C)C1(CNC(=O)CN2C(=O)N[C@@](C)(c3ccccc3)C2=O)CCCCC1. The zero-order valence-electron chi connectivity index (χ0n) is 17.0. The summed E-state index contributed by atoms with van der Waals surface area (Å²) in [5.74, 6) is -0.716. The molecule has 0 radical (unpaired) electrons. The summed E-state index contributed by atoms with van der Waals surface area (Å²) in [5.41, 5.74) is -0.499. The van der Waals surface area contributed by atoms with Crippen molar-refractivity contribution in [3.63, 3.8) is 0 Å². The third-order valence-corrected chi connectivity index (χ3v) is 6.28. The molecular formula is C21H30N4O3. The predicted molar refractivity (Wildman–Crippen MR) is 107 cm³/mol. The summed E-state index contributed by atoms with van der Waals surface area (Å²) < 4.78 is 0. The largest absolute Gasteiger partial charge is 0.353 e. The molecule has 7 nitrogen and oxygen atoms in total. The van der Waals surface area contributed by atoms with Crippen LogP contribution in [0.4, 0.5) is 4.79 Å². The van der Waals surface area contributed by atoms with Crippen LogP contribution in [0.15, 0.2) is 30.3 Å². The van der Waals surface area contributed by atoms with Crippen molar-refractivity contribution in [2.45, 2.75) is 50.1 Å². The zero-order valence-corrected chi connectivity index (χ0v) is 17.0. The molecule has 1 atom stereocenters. The Hall–Kier alpha value is -2.41. The first kappa shape index (κ1) is 20.3. The molecule has 2 aliphatic rings. The fourth-order valence-electron chi connectivity index (χ4n) is 4.26. The molecule has 1 heterocycles. The molecule has 1 aromatic carbocycles. The van der Waals surface area contributed by atoms with Crippen molar-refractivity contribution in [3.8, 4) is 0 Å². The zero-order chi connectivity index (χ0) is 20.4. The molecule has 1 aliphatic carbocycles. The average molecular weight is 386 g/mol. The summed E-state index contributed by atoms with van der Waals surface area (Å²) in [6, 6.07) is 8.55. The lowest BCUT2D eigenvalue weighted by Crippen LogP contribution is -2.55. The van der Waals surface area contributed by atoms with Gasteiger partial charge >= 0.3 is 6.03 Å². The monoisotopic (exact) mass is 386 g/mol. The molecule has 1 aromatic rings. The van der Waals surface area contributed by atoms with E-state index in [4.69, 9.17) is 0 Å². The highest BCUT2D eigenvalue weighted by molar-refractivity contribution is 6.09. The second kappa shape index (κ2) is 7.91. The van der Waals surface area contributed by atoms with E-state index in [1.165, 1.54) is 6.42 Å². The Bertz CT molecular complexity index is 743. The topological polar surface area (TPSA) is 81.8 Å². The maximum absolute atomic E-state index is 12.9. The standard InChI is InChI=1S/C21H30N4O3/c1-20(16-10-6-4-7-11-16)18(27)25(19(28)23-20)14-17(26)22-15-21(24(2)3)12-8-5-9-13-21/h4,6-7,10-11H,5,8-9,12-15H2,1-3H3,(H,22,26)(H,23,28)/t20-/m0/s1. The van der Waals surface area contributed by atoms with Gasteiger partial charge in [0.1, 0.15) is 12.1 Å². The normalized spacial score (nSPS) is 24.4. The van der Waals surface area contributed by atoms with E-state index in [2.05, 4.69) is 15.5 Å². The number of nitrogens with one attached hydrogen (secondary N) is 2. The number of urea groups is 1. The number of carbonyl (C=O) groups is 3. The quantitative estimate of drug-likeness (QED) is 0.731. The first-order chi connectivity index (χ1) is 13.3. The fraction of sp³-hybridized carbons (Fsp3) is 0.571. The Kier molecular flexibility index (Phi) is 5.74. The lowest BCUT2D eigenvalue weighted by Gasteiger charge is -2.43. The Morgan fingerprint density at radius 3 is 2.39 bits per heavy atom. The van der Waals surface area contributed by atoms with Crippen LogP contribution in [-0.4, -0.2) is 60.4 Å². The number of nitrogens with zero attached hydrogens (tertiary/aromatic N) is 2. The van der Waals surface area contributed by atoms with Gasteiger partial charge in [-0.1, -0.05) is 49.6 Å². The average Bonchev–Trinajstić information content (AvgIpc) is 2.92. The van der Waals surface area contributed by atoms with Crippen molar-refractivity contribution in [2.75, 3.05) is 27.2 Å². The maximum Gasteiger partial charge on any atom is 0.325 e. The van der Waals surface area contributed by atoms with E-state index in [1.807, 2.05) is 32.3 Å². The van der Waals surface area contributed by atoms with Gasteiger partial charge in [0.25, 0.3) is 5.91 Å². The number of likely N-dealkylation sites (N-methyl/N-ethyl adjacent to an activating group) is 1. The molecule has 2 fully saturated rings. The van der Waals surface area contributed by atoms with Gasteiger partial charge in [-0.15, -0.1) is 0 Å². The third-order valence-electron chi connectivity index (χ3n) is 6.28. The molecule has 0 spiro atoms. The molecule has 3 rings (SSSR count). The molecule has 1 saturated carbocycles. The van der Waals surface area contributed by atoms with Crippen LogP contribution in [0.2, 0.25) is 0 Å². The van der Waals surface area contributed by atoms with Crippen molar-refractivity contribution in [2.24, 2.45) is 0 Å². The molecule has 4 amide bonds. The highest BCUT2D eigenvalue weighted by Gasteiger charge is 2.49. The minimum atomic E-state index is -1.15. The highest BCUT2D eigenvalue weighted by Crippen LogP contribution is 2.32. The van der Waals surface area contributed by atoms with Gasteiger partial charge in [-0.25, -0.2) is 4.79 Å². The molecule has 152 valence electrons. The first-order valence-electron chi connectivity index (χ1n) is 9.92. The van der Waals surface area contributed by atoms with E-state index >= 15 is 0 Å². The van der Waals surface area contributed by atoms with Gasteiger partial charge in [-0.2, -0.15) is 0 Å². The Labute approximate surface area is 166 Å². The van der Waals surface area contributed by atoms with Gasteiger partial charge in [0.2, 0.25) is 5.91 Å². The fourth-order valence-corrected chi connectivity index (χ4v) is 4.26. The van der Waals surface area contributed by atoms with Crippen molar-refractivity contribution in [1.29, 1.82) is 0 Å². The van der Waals surface area contributed by atoms with Crippen LogP contribution < -0.4 is 10.6 Å². The van der Waals surface area contributed by atoms with Crippen LogP contribution in [0.25, 0.3) is 0 Å². The number of benzene rings is 1. The molecule has 2 N–H and O–H groups in total. The minimum Gasteiger partial charge on any atom is -0.353 e. The summed E-state index contributed by atoms with van der Waals surface area (Å²) in [5, 5.41) is 5.69. The molecule has 7 heteroatoms. The lowest BCUT2D eigenvalue weighted by molar-refractivity contribution is -0.135. The van der Waals surface area contributed by atoms with Gasteiger partial charge in [0.15, 0.2) is 0 Å². The smallest absolute Gasteiger partial charge is 0.325 e. The molecule has 0 unspecified atom stereocenters. The first-order valence-corrected chi connectivity index (χ1v) is 9.92. The van der Waals surface area contributed by atoms with Crippen LogP contribution in [0, 0.1) is 0 Å². The van der Waals surface area contributed by atoms with Crippen LogP contribution >= 0.6 is 0 Å². The number of hydrogen-bond acceptors (Lipinski definition) is 4. The minimum absolute atomic E-state index is 0.0518. The number of carbonyl (C=O) groups excluding carboxylic acids is 3. The maximum atomic E-state index is 12.9. The third kappa shape index (κ3) is 3.76. The van der Waals surface area contributed by atoms with Gasteiger partial charge < -0.3 is 15.5 Å². The summed E-state index contributed by atoms with van der Waals surface area (Å²) in [7, 11) is 4.08. The van der Waals surface area contributed by atoms with Gasteiger partial charge in [-0.3, -0.25) is 14.5 Å². The molecular weight excluding hydrogens is 356 g/mol. The molecule has 0 bridgehead atoms. The summed E-state index contributed by atoms with van der Waals surface area (Å²) in [4.78, 5) is 41.0. The summed E-state index contributed by atoms with van der Waals surface area (Å²) in [6.45, 7) is 1.93. The van der Waals surface area contributed by atoms with E-state index in [1.54, 1.807) is 19.1 Å².